The number of hydrogen-bond donors (Lipinski definition) is 0. The van der Waals surface area contributed by atoms with Gasteiger partial charge in [-0.2, -0.15) is 0 Å². The van der Waals surface area contributed by atoms with Gasteiger partial charge in [0.1, 0.15) is 6.29 Å². The average Bonchev–Trinajstić information content (AvgIpc) is 2.20. The van der Waals surface area contributed by atoms with Crippen molar-refractivity contribution in [3.8, 4) is 0 Å². The molecule has 0 heterocycles. The van der Waals surface area contributed by atoms with Gasteiger partial charge in [-0.15, -0.1) is 0 Å². The van der Waals surface area contributed by atoms with Gasteiger partial charge in [0.15, 0.2) is 0 Å². The summed E-state index contributed by atoms with van der Waals surface area (Å²) in [6.07, 6.45) is 1.62. The Bertz CT molecular complexity index is 363. The van der Waals surface area contributed by atoms with Crippen molar-refractivity contribution in [1.29, 1.82) is 0 Å². The molecule has 1 rings (SSSR count). The summed E-state index contributed by atoms with van der Waals surface area (Å²) in [5.41, 5.74) is 0.585. The standard InChI is InChI=1S/C10H9ClOS2/c1-2-10(13)14-9-4-3-7(6-12)5-8(9)11/h3-6H,2H2,1H3. The van der Waals surface area contributed by atoms with Gasteiger partial charge >= 0.3 is 0 Å². The van der Waals surface area contributed by atoms with E-state index in [1.807, 2.05) is 13.0 Å². The maximum Gasteiger partial charge on any atom is 0.150 e. The van der Waals surface area contributed by atoms with E-state index in [2.05, 4.69) is 0 Å². The van der Waals surface area contributed by atoms with Gasteiger partial charge in [0, 0.05) is 10.5 Å². The second-order valence-corrected chi connectivity index (χ2v) is 4.93. The maximum atomic E-state index is 10.5. The number of aldehydes is 1. The summed E-state index contributed by atoms with van der Waals surface area (Å²) in [4.78, 5) is 11.4. The molecule has 1 nitrogen and oxygen atoms in total. The number of thioether (sulfide) groups is 1. The molecule has 0 aromatic heterocycles. The normalized spacial score (nSPS) is 9.86. The van der Waals surface area contributed by atoms with Crippen molar-refractivity contribution in [2.45, 2.75) is 18.2 Å². The van der Waals surface area contributed by atoms with Gasteiger partial charge in [-0.1, -0.05) is 48.6 Å². The number of hydrogen-bond acceptors (Lipinski definition) is 3. The zero-order valence-electron chi connectivity index (χ0n) is 7.62. The first-order chi connectivity index (χ1) is 6.67. The highest BCUT2D eigenvalue weighted by molar-refractivity contribution is 8.23. The minimum atomic E-state index is 0.579. The van der Waals surface area contributed by atoms with E-state index in [1.165, 1.54) is 11.8 Å². The fourth-order valence-corrected chi connectivity index (χ4v) is 2.12. The van der Waals surface area contributed by atoms with Crippen LogP contribution in [0.1, 0.15) is 23.7 Å². The van der Waals surface area contributed by atoms with Crippen molar-refractivity contribution in [3.63, 3.8) is 0 Å². The third-order valence-corrected chi connectivity index (χ3v) is 3.66. The molecule has 0 aliphatic heterocycles. The fourth-order valence-electron chi connectivity index (χ4n) is 0.868. The molecule has 0 radical (unpaired) electrons. The first kappa shape index (κ1) is 11.7. The lowest BCUT2D eigenvalue weighted by atomic mass is 10.2. The molecule has 0 spiro atoms. The molecule has 0 saturated carbocycles. The van der Waals surface area contributed by atoms with Crippen LogP contribution in [0.3, 0.4) is 0 Å². The van der Waals surface area contributed by atoms with E-state index in [-0.39, 0.29) is 0 Å². The lowest BCUT2D eigenvalue weighted by Crippen LogP contribution is -1.86. The minimum Gasteiger partial charge on any atom is -0.298 e. The number of carbonyl (C=O) groups is 1. The molecule has 0 fully saturated rings. The summed E-state index contributed by atoms with van der Waals surface area (Å²) < 4.78 is 0.894. The summed E-state index contributed by atoms with van der Waals surface area (Å²) in [7, 11) is 0. The second-order valence-electron chi connectivity index (χ2n) is 2.64. The van der Waals surface area contributed by atoms with Crippen LogP contribution in [0.25, 0.3) is 0 Å². The van der Waals surface area contributed by atoms with Crippen LogP contribution < -0.4 is 0 Å². The van der Waals surface area contributed by atoms with Crippen molar-refractivity contribution in [3.05, 3.63) is 28.8 Å². The Morgan fingerprint density at radius 3 is 2.86 bits per heavy atom. The topological polar surface area (TPSA) is 17.1 Å². The molecular weight excluding hydrogens is 236 g/mol. The van der Waals surface area contributed by atoms with E-state index in [1.54, 1.807) is 12.1 Å². The first-order valence-electron chi connectivity index (χ1n) is 4.12. The maximum absolute atomic E-state index is 10.5. The smallest absolute Gasteiger partial charge is 0.150 e. The zero-order valence-corrected chi connectivity index (χ0v) is 10.0. The van der Waals surface area contributed by atoms with Crippen molar-refractivity contribution in [2.75, 3.05) is 0 Å². The van der Waals surface area contributed by atoms with Gasteiger partial charge in [0.25, 0.3) is 0 Å². The van der Waals surface area contributed by atoms with E-state index in [9.17, 15) is 4.79 Å². The third kappa shape index (κ3) is 3.08. The fraction of sp³-hybridized carbons (Fsp3) is 0.200. The predicted octanol–water partition coefficient (Wildman–Crippen LogP) is 3.98. The van der Waals surface area contributed by atoms with E-state index >= 15 is 0 Å². The van der Waals surface area contributed by atoms with E-state index in [4.69, 9.17) is 23.8 Å². The zero-order chi connectivity index (χ0) is 10.6. The molecule has 0 bridgehead atoms. The Hall–Kier alpha value is -0.380. The molecule has 1 aromatic carbocycles. The molecule has 0 aliphatic carbocycles. The highest BCUT2D eigenvalue weighted by Crippen LogP contribution is 2.29. The summed E-state index contributed by atoms with van der Waals surface area (Å²) in [6, 6.07) is 5.20. The monoisotopic (exact) mass is 244 g/mol. The molecule has 74 valence electrons. The minimum absolute atomic E-state index is 0.579. The number of benzene rings is 1. The van der Waals surface area contributed by atoms with E-state index in [0.717, 1.165) is 21.8 Å². The molecule has 0 aliphatic rings. The predicted molar refractivity (Wildman–Crippen MR) is 65.6 cm³/mol. The first-order valence-corrected chi connectivity index (χ1v) is 5.73. The molecular formula is C10H9ClOS2. The summed E-state index contributed by atoms with van der Waals surface area (Å²) >= 11 is 12.5. The number of carbonyl (C=O) groups excluding carboxylic acids is 1. The van der Waals surface area contributed by atoms with Gasteiger partial charge in [0.2, 0.25) is 0 Å². The Balaban J connectivity index is 2.89. The summed E-state index contributed by atoms with van der Waals surface area (Å²) in [5.74, 6) is 0. The summed E-state index contributed by atoms with van der Waals surface area (Å²) in [5, 5.41) is 0.579. The largest absolute Gasteiger partial charge is 0.298 e. The van der Waals surface area contributed by atoms with Crippen LogP contribution in [0.5, 0.6) is 0 Å². The van der Waals surface area contributed by atoms with Crippen molar-refractivity contribution < 1.29 is 4.79 Å². The molecule has 0 N–H and O–H groups in total. The van der Waals surface area contributed by atoms with Crippen LogP contribution in [0.15, 0.2) is 23.1 Å². The summed E-state index contributed by atoms with van der Waals surface area (Å²) in [6.45, 7) is 2.00. The van der Waals surface area contributed by atoms with E-state index < -0.39 is 0 Å². The number of rotatable bonds is 3. The van der Waals surface area contributed by atoms with Crippen LogP contribution in [0.2, 0.25) is 5.02 Å². The molecule has 14 heavy (non-hydrogen) atoms. The van der Waals surface area contributed by atoms with Gasteiger partial charge in [0.05, 0.1) is 9.22 Å². The quantitative estimate of drug-likeness (QED) is 0.455. The Kier molecular flexibility index (Phi) is 4.58. The molecule has 0 amide bonds. The van der Waals surface area contributed by atoms with Crippen LogP contribution in [-0.2, 0) is 0 Å². The van der Waals surface area contributed by atoms with Crippen molar-refractivity contribution in [2.24, 2.45) is 0 Å². The SMILES string of the molecule is CCC(=S)Sc1ccc(C=O)cc1Cl. The van der Waals surface area contributed by atoms with Gasteiger partial charge in [-0.3, -0.25) is 4.79 Å². The number of halogens is 1. The lowest BCUT2D eigenvalue weighted by Gasteiger charge is -2.03. The lowest BCUT2D eigenvalue weighted by molar-refractivity contribution is 0.112. The number of thiocarbonyl (C=S) groups is 1. The average molecular weight is 245 g/mol. The Morgan fingerprint density at radius 2 is 2.36 bits per heavy atom. The van der Waals surface area contributed by atoms with Gasteiger partial charge < -0.3 is 0 Å². The van der Waals surface area contributed by atoms with Crippen LogP contribution in [0.4, 0.5) is 0 Å². The van der Waals surface area contributed by atoms with Crippen molar-refractivity contribution >= 4 is 46.1 Å². The molecule has 0 atom stereocenters. The molecule has 0 saturated heterocycles. The highest BCUT2D eigenvalue weighted by atomic mass is 35.5. The highest BCUT2D eigenvalue weighted by Gasteiger charge is 2.04. The van der Waals surface area contributed by atoms with E-state index in [0.29, 0.717) is 10.6 Å². The van der Waals surface area contributed by atoms with Crippen molar-refractivity contribution in [1.82, 2.24) is 0 Å². The second kappa shape index (κ2) is 5.49. The molecule has 1 aromatic rings. The molecule has 4 heteroatoms. The molecule has 0 unspecified atom stereocenters. The van der Waals surface area contributed by atoms with Crippen LogP contribution in [0, 0.1) is 0 Å². The van der Waals surface area contributed by atoms with Gasteiger partial charge in [-0.25, -0.2) is 0 Å². The Labute approximate surface area is 97.8 Å². The Morgan fingerprint density at radius 1 is 1.64 bits per heavy atom. The van der Waals surface area contributed by atoms with Gasteiger partial charge in [-0.05, 0) is 18.6 Å². The van der Waals surface area contributed by atoms with Crippen LogP contribution in [-0.4, -0.2) is 10.5 Å². The third-order valence-electron chi connectivity index (χ3n) is 1.60. The van der Waals surface area contributed by atoms with Crippen LogP contribution >= 0.6 is 35.6 Å².